The average molecular weight is 357 g/mol. The first-order valence-electron chi connectivity index (χ1n) is 10.4. The Morgan fingerprint density at radius 3 is 2.24 bits per heavy atom. The smallest absolute Gasteiger partial charge is 0.285 e. The first-order chi connectivity index (χ1) is 12.1. The molecular formula is C21H40O4. The van der Waals surface area contributed by atoms with Crippen molar-refractivity contribution in [1.82, 2.24) is 0 Å². The maximum absolute atomic E-state index is 5.73. The van der Waals surface area contributed by atoms with E-state index >= 15 is 0 Å². The van der Waals surface area contributed by atoms with Crippen LogP contribution in [0.5, 0.6) is 0 Å². The van der Waals surface area contributed by atoms with Crippen molar-refractivity contribution < 1.29 is 18.9 Å². The summed E-state index contributed by atoms with van der Waals surface area (Å²) < 4.78 is 22.9. The van der Waals surface area contributed by atoms with E-state index in [0.29, 0.717) is 18.1 Å². The third-order valence-corrected chi connectivity index (χ3v) is 6.52. The molecule has 1 heterocycles. The van der Waals surface area contributed by atoms with Crippen LogP contribution < -0.4 is 0 Å². The summed E-state index contributed by atoms with van der Waals surface area (Å²) in [5.74, 6) is 0.758. The summed E-state index contributed by atoms with van der Waals surface area (Å²) in [7, 11) is 5.10. The normalized spacial score (nSPS) is 28.4. The van der Waals surface area contributed by atoms with Gasteiger partial charge in [-0.15, -0.1) is 0 Å². The number of epoxide rings is 1. The van der Waals surface area contributed by atoms with Crippen molar-refractivity contribution in [3.63, 3.8) is 0 Å². The number of ether oxygens (including phenoxy) is 4. The maximum atomic E-state index is 5.73. The van der Waals surface area contributed by atoms with Crippen molar-refractivity contribution in [2.75, 3.05) is 21.3 Å². The molecule has 0 aromatic rings. The van der Waals surface area contributed by atoms with E-state index in [1.165, 1.54) is 51.4 Å². The predicted octanol–water partition coefficient (Wildman–Crippen LogP) is 5.15. The van der Waals surface area contributed by atoms with Gasteiger partial charge in [-0.25, -0.2) is 0 Å². The van der Waals surface area contributed by atoms with Gasteiger partial charge in [0.2, 0.25) is 0 Å². The zero-order valence-corrected chi connectivity index (χ0v) is 17.1. The van der Waals surface area contributed by atoms with Gasteiger partial charge in [-0.2, -0.15) is 0 Å². The monoisotopic (exact) mass is 356 g/mol. The van der Waals surface area contributed by atoms with Crippen LogP contribution in [-0.4, -0.2) is 39.5 Å². The van der Waals surface area contributed by atoms with E-state index in [2.05, 4.69) is 13.8 Å². The molecule has 0 amide bonds. The van der Waals surface area contributed by atoms with E-state index in [4.69, 9.17) is 18.9 Å². The second kappa shape index (κ2) is 10.2. The second-order valence-electron chi connectivity index (χ2n) is 8.11. The highest BCUT2D eigenvalue weighted by Gasteiger charge is 2.46. The van der Waals surface area contributed by atoms with Crippen LogP contribution in [0.2, 0.25) is 0 Å². The molecule has 0 aromatic carbocycles. The van der Waals surface area contributed by atoms with Gasteiger partial charge in [0.05, 0.1) is 12.2 Å². The summed E-state index contributed by atoms with van der Waals surface area (Å²) in [5, 5.41) is 0. The van der Waals surface area contributed by atoms with Crippen LogP contribution in [0.3, 0.4) is 0 Å². The van der Waals surface area contributed by atoms with Gasteiger partial charge in [-0.05, 0) is 43.9 Å². The van der Waals surface area contributed by atoms with Crippen molar-refractivity contribution in [2.24, 2.45) is 17.8 Å². The Balaban J connectivity index is 1.91. The first kappa shape index (κ1) is 21.1. The van der Waals surface area contributed by atoms with Crippen LogP contribution in [-0.2, 0) is 18.9 Å². The summed E-state index contributed by atoms with van der Waals surface area (Å²) in [6.45, 7) is 4.65. The Morgan fingerprint density at radius 2 is 1.64 bits per heavy atom. The molecule has 0 N–H and O–H groups in total. The lowest BCUT2D eigenvalue weighted by molar-refractivity contribution is -0.381. The average Bonchev–Trinajstić information content (AvgIpc) is 3.41. The van der Waals surface area contributed by atoms with E-state index < -0.39 is 5.97 Å². The minimum absolute atomic E-state index is 0.266. The summed E-state index contributed by atoms with van der Waals surface area (Å²) in [6.07, 6.45) is 13.5. The van der Waals surface area contributed by atoms with Crippen LogP contribution in [0.25, 0.3) is 0 Å². The molecule has 0 spiro atoms. The molecule has 5 unspecified atom stereocenters. The van der Waals surface area contributed by atoms with E-state index in [0.717, 1.165) is 18.8 Å². The SMILES string of the molecule is CCCCCCCC(CC(C)C1CCC2OC2C1)C(OC)(OC)OC. The van der Waals surface area contributed by atoms with Crippen molar-refractivity contribution in [1.29, 1.82) is 0 Å². The Labute approximate surface area is 154 Å². The van der Waals surface area contributed by atoms with Crippen LogP contribution in [0.1, 0.15) is 78.1 Å². The summed E-state index contributed by atoms with van der Waals surface area (Å²) >= 11 is 0. The van der Waals surface area contributed by atoms with Gasteiger partial charge in [-0.1, -0.05) is 46.0 Å². The highest BCUT2D eigenvalue weighted by molar-refractivity contribution is 4.93. The third-order valence-electron chi connectivity index (χ3n) is 6.52. The molecule has 0 bridgehead atoms. The minimum atomic E-state index is -0.910. The number of hydrogen-bond donors (Lipinski definition) is 0. The lowest BCUT2D eigenvalue weighted by Gasteiger charge is -2.39. The van der Waals surface area contributed by atoms with Crippen molar-refractivity contribution in [3.8, 4) is 0 Å². The van der Waals surface area contributed by atoms with Crippen molar-refractivity contribution in [3.05, 3.63) is 0 Å². The summed E-state index contributed by atoms with van der Waals surface area (Å²) in [5.41, 5.74) is 0. The quantitative estimate of drug-likeness (QED) is 0.260. The lowest BCUT2D eigenvalue weighted by Crippen LogP contribution is -2.45. The van der Waals surface area contributed by atoms with Gasteiger partial charge < -0.3 is 18.9 Å². The van der Waals surface area contributed by atoms with E-state index in [9.17, 15) is 0 Å². The molecular weight excluding hydrogens is 316 g/mol. The van der Waals surface area contributed by atoms with Crippen LogP contribution in [0, 0.1) is 17.8 Å². The molecule has 0 radical (unpaired) electrons. The highest BCUT2D eigenvalue weighted by Crippen LogP contribution is 2.45. The number of unbranched alkanes of at least 4 members (excludes halogenated alkanes) is 4. The molecule has 148 valence electrons. The van der Waals surface area contributed by atoms with Gasteiger partial charge in [0, 0.05) is 27.2 Å². The summed E-state index contributed by atoms with van der Waals surface area (Å²) in [4.78, 5) is 0. The predicted molar refractivity (Wildman–Crippen MR) is 100 cm³/mol. The third kappa shape index (κ3) is 5.66. The van der Waals surface area contributed by atoms with Crippen LogP contribution in [0.15, 0.2) is 0 Å². The molecule has 25 heavy (non-hydrogen) atoms. The zero-order chi connectivity index (χ0) is 18.3. The lowest BCUT2D eigenvalue weighted by atomic mass is 9.76. The molecule has 4 nitrogen and oxygen atoms in total. The molecule has 5 atom stereocenters. The standard InChI is InChI=1S/C21H40O4/c1-6-7-8-9-10-11-18(21(22-3,23-4)24-5)14-16(2)17-12-13-19-20(15-17)25-19/h16-20H,6-15H2,1-5H3. The number of hydrogen-bond acceptors (Lipinski definition) is 4. The molecule has 1 saturated heterocycles. The van der Waals surface area contributed by atoms with Crippen molar-refractivity contribution >= 4 is 0 Å². The molecule has 4 heteroatoms. The Morgan fingerprint density at radius 1 is 0.960 bits per heavy atom. The Hall–Kier alpha value is -0.160. The maximum Gasteiger partial charge on any atom is 0.285 e. The van der Waals surface area contributed by atoms with Crippen molar-refractivity contribution in [2.45, 2.75) is 96.2 Å². The van der Waals surface area contributed by atoms with Gasteiger partial charge in [0.25, 0.3) is 5.97 Å². The first-order valence-corrected chi connectivity index (χ1v) is 10.4. The van der Waals surface area contributed by atoms with Crippen LogP contribution >= 0.6 is 0 Å². The fourth-order valence-electron chi connectivity index (χ4n) is 4.78. The fraction of sp³-hybridized carbons (Fsp3) is 1.00. The van der Waals surface area contributed by atoms with E-state index in [1.807, 2.05) is 0 Å². The number of methoxy groups -OCH3 is 3. The largest absolute Gasteiger partial charge is 0.370 e. The Kier molecular flexibility index (Phi) is 8.67. The Bertz CT molecular complexity index is 361. The molecule has 2 fully saturated rings. The van der Waals surface area contributed by atoms with Crippen LogP contribution in [0.4, 0.5) is 0 Å². The summed E-state index contributed by atoms with van der Waals surface area (Å²) in [6, 6.07) is 0. The number of fused-ring (bicyclic) bond motifs is 1. The molecule has 1 aliphatic heterocycles. The number of rotatable bonds is 13. The van der Waals surface area contributed by atoms with Gasteiger partial charge in [0.15, 0.2) is 0 Å². The minimum Gasteiger partial charge on any atom is -0.370 e. The van der Waals surface area contributed by atoms with Gasteiger partial charge >= 0.3 is 0 Å². The van der Waals surface area contributed by atoms with E-state index in [1.54, 1.807) is 21.3 Å². The topological polar surface area (TPSA) is 40.2 Å². The molecule has 1 aliphatic carbocycles. The molecule has 2 rings (SSSR count). The molecule has 2 aliphatic rings. The van der Waals surface area contributed by atoms with Gasteiger partial charge in [-0.3, -0.25) is 0 Å². The fourth-order valence-corrected chi connectivity index (χ4v) is 4.78. The zero-order valence-electron chi connectivity index (χ0n) is 17.1. The van der Waals surface area contributed by atoms with Gasteiger partial charge in [0.1, 0.15) is 0 Å². The molecule has 1 saturated carbocycles. The highest BCUT2D eigenvalue weighted by atomic mass is 16.9. The molecule has 0 aromatic heterocycles. The second-order valence-corrected chi connectivity index (χ2v) is 8.11. The van der Waals surface area contributed by atoms with E-state index in [-0.39, 0.29) is 5.92 Å².